The van der Waals surface area contributed by atoms with E-state index < -0.39 is 0 Å². The van der Waals surface area contributed by atoms with Gasteiger partial charge in [-0.1, -0.05) is 18.9 Å². The number of hydrogen-bond acceptors (Lipinski definition) is 2. The summed E-state index contributed by atoms with van der Waals surface area (Å²) >= 11 is 0. The van der Waals surface area contributed by atoms with Gasteiger partial charge >= 0.3 is 0 Å². The summed E-state index contributed by atoms with van der Waals surface area (Å²) in [5.41, 5.74) is 3.74. The van der Waals surface area contributed by atoms with Gasteiger partial charge in [0.05, 0.1) is 7.11 Å². The minimum Gasteiger partial charge on any atom is -0.497 e. The van der Waals surface area contributed by atoms with E-state index in [1.807, 2.05) is 0 Å². The lowest BCUT2D eigenvalue weighted by atomic mass is 9.55. The lowest BCUT2D eigenvalue weighted by Crippen LogP contribution is -2.48. The van der Waals surface area contributed by atoms with Gasteiger partial charge in [-0.2, -0.15) is 0 Å². The van der Waals surface area contributed by atoms with Crippen molar-refractivity contribution in [3.05, 3.63) is 29.3 Å². The first kappa shape index (κ1) is 12.7. The smallest absolute Gasteiger partial charge is 0.119 e. The van der Waals surface area contributed by atoms with Crippen LogP contribution in [0.25, 0.3) is 0 Å². The van der Waals surface area contributed by atoms with E-state index in [4.69, 9.17) is 4.74 Å². The van der Waals surface area contributed by atoms with Crippen LogP contribution in [0.3, 0.4) is 0 Å². The maximum Gasteiger partial charge on any atom is 0.119 e. The molecule has 0 bridgehead atoms. The Morgan fingerprint density at radius 2 is 2.15 bits per heavy atom. The molecule has 0 N–H and O–H groups in total. The summed E-state index contributed by atoms with van der Waals surface area (Å²) in [6.07, 6.45) is 8.29. The highest BCUT2D eigenvalue weighted by Crippen LogP contribution is 2.59. The fourth-order valence-electron chi connectivity index (χ4n) is 5.35. The molecule has 3 aliphatic rings. The Morgan fingerprint density at radius 3 is 3.00 bits per heavy atom. The highest BCUT2D eigenvalue weighted by atomic mass is 16.5. The highest BCUT2D eigenvalue weighted by Gasteiger charge is 2.54. The molecule has 2 fully saturated rings. The second-order valence-electron chi connectivity index (χ2n) is 7.05. The normalized spacial score (nSPS) is 36.1. The summed E-state index contributed by atoms with van der Waals surface area (Å²) in [4.78, 5) is 2.63. The van der Waals surface area contributed by atoms with E-state index in [0.29, 0.717) is 5.41 Å². The molecule has 1 aromatic rings. The lowest BCUT2D eigenvalue weighted by Gasteiger charge is -2.51. The van der Waals surface area contributed by atoms with E-state index in [9.17, 15) is 0 Å². The van der Waals surface area contributed by atoms with Crippen molar-refractivity contribution in [1.29, 1.82) is 0 Å². The largest absolute Gasteiger partial charge is 0.497 e. The van der Waals surface area contributed by atoms with Gasteiger partial charge in [0.1, 0.15) is 5.75 Å². The molecule has 0 unspecified atom stereocenters. The van der Waals surface area contributed by atoms with Gasteiger partial charge in [0.15, 0.2) is 0 Å². The Hall–Kier alpha value is -1.02. The zero-order valence-corrected chi connectivity index (χ0v) is 12.7. The van der Waals surface area contributed by atoms with Crippen LogP contribution in [0.5, 0.6) is 5.75 Å². The maximum absolute atomic E-state index is 5.48. The van der Waals surface area contributed by atoms with Crippen LogP contribution >= 0.6 is 0 Å². The van der Waals surface area contributed by atoms with Gasteiger partial charge in [0.25, 0.3) is 0 Å². The molecule has 20 heavy (non-hydrogen) atoms. The summed E-state index contributed by atoms with van der Waals surface area (Å²) in [7, 11) is 4.12. The molecule has 1 saturated heterocycles. The molecule has 0 amide bonds. The fourth-order valence-corrected chi connectivity index (χ4v) is 5.35. The van der Waals surface area contributed by atoms with E-state index in [-0.39, 0.29) is 0 Å². The standard InChI is InChI=1S/C18H25NO/c1-19-10-9-18-8-4-3-5-16(18)15-12-14(20-2)7-6-13(15)11-17(18)19/h6-7,12,16-17H,3-5,8-11H2,1-2H3/t16-,17-,18+/m0/s1. The van der Waals surface area contributed by atoms with Crippen LogP contribution < -0.4 is 4.74 Å². The Bertz CT molecular complexity index is 522. The third-order valence-corrected chi connectivity index (χ3v) is 6.35. The van der Waals surface area contributed by atoms with Gasteiger partial charge in [0, 0.05) is 6.04 Å². The van der Waals surface area contributed by atoms with Crippen LogP contribution in [-0.4, -0.2) is 31.6 Å². The first-order valence-electron chi connectivity index (χ1n) is 8.12. The van der Waals surface area contributed by atoms with E-state index >= 15 is 0 Å². The minimum absolute atomic E-state index is 0.562. The Labute approximate surface area is 122 Å². The number of hydrogen-bond donors (Lipinski definition) is 0. The van der Waals surface area contributed by atoms with E-state index in [1.54, 1.807) is 18.2 Å². The molecule has 1 saturated carbocycles. The van der Waals surface area contributed by atoms with Crippen LogP contribution in [0.15, 0.2) is 18.2 Å². The van der Waals surface area contributed by atoms with Crippen LogP contribution in [-0.2, 0) is 6.42 Å². The van der Waals surface area contributed by atoms with Gasteiger partial charge < -0.3 is 9.64 Å². The number of nitrogens with zero attached hydrogens (tertiary/aromatic N) is 1. The average Bonchev–Trinajstić information content (AvgIpc) is 2.81. The molecule has 108 valence electrons. The number of likely N-dealkylation sites (N-methyl/N-ethyl adjacent to an activating group) is 1. The van der Waals surface area contributed by atoms with Crippen molar-refractivity contribution in [3.63, 3.8) is 0 Å². The first-order valence-corrected chi connectivity index (χ1v) is 8.12. The second kappa shape index (κ2) is 4.49. The second-order valence-corrected chi connectivity index (χ2v) is 7.05. The molecule has 3 atom stereocenters. The molecular weight excluding hydrogens is 246 g/mol. The molecule has 1 aromatic carbocycles. The van der Waals surface area contributed by atoms with Crippen molar-refractivity contribution in [2.75, 3.05) is 20.7 Å². The monoisotopic (exact) mass is 271 g/mol. The van der Waals surface area contributed by atoms with Crippen molar-refractivity contribution >= 4 is 0 Å². The van der Waals surface area contributed by atoms with Crippen molar-refractivity contribution in [2.45, 2.75) is 50.5 Å². The number of ether oxygens (including phenoxy) is 1. The highest BCUT2D eigenvalue weighted by molar-refractivity contribution is 5.43. The van der Waals surface area contributed by atoms with Crippen LogP contribution in [0, 0.1) is 5.41 Å². The predicted octanol–water partition coefficient (Wildman–Crippen LogP) is 3.60. The molecular formula is C18H25NO. The number of fused-ring (bicyclic) bond motifs is 2. The van der Waals surface area contributed by atoms with Crippen molar-refractivity contribution < 1.29 is 4.74 Å². The summed E-state index contributed by atoms with van der Waals surface area (Å²) < 4.78 is 5.48. The fraction of sp³-hybridized carbons (Fsp3) is 0.667. The van der Waals surface area contributed by atoms with E-state index in [1.165, 1.54) is 45.1 Å². The average molecular weight is 271 g/mol. The van der Waals surface area contributed by atoms with Crippen molar-refractivity contribution in [1.82, 2.24) is 4.90 Å². The van der Waals surface area contributed by atoms with Gasteiger partial charge in [0.2, 0.25) is 0 Å². The summed E-state index contributed by atoms with van der Waals surface area (Å²) in [6.45, 7) is 1.28. The van der Waals surface area contributed by atoms with Gasteiger partial charge in [-0.05, 0) is 73.9 Å². The zero-order chi connectivity index (χ0) is 13.7. The third-order valence-electron chi connectivity index (χ3n) is 6.35. The summed E-state index contributed by atoms with van der Waals surface area (Å²) in [5.74, 6) is 1.80. The topological polar surface area (TPSA) is 12.5 Å². The number of likely N-dealkylation sites (tertiary alicyclic amines) is 1. The zero-order valence-electron chi connectivity index (χ0n) is 12.7. The molecule has 2 aliphatic carbocycles. The minimum atomic E-state index is 0.562. The van der Waals surface area contributed by atoms with E-state index in [2.05, 4.69) is 30.1 Å². The molecule has 1 spiro atoms. The Balaban J connectivity index is 1.84. The first-order chi connectivity index (χ1) is 9.74. The number of rotatable bonds is 1. The molecule has 4 rings (SSSR count). The SMILES string of the molecule is COc1ccc2c(c1)[C@@H]1CCCC[C@@]13CCN(C)[C@H]3C2. The molecule has 2 nitrogen and oxygen atoms in total. The molecule has 0 aromatic heterocycles. The maximum atomic E-state index is 5.48. The Morgan fingerprint density at radius 1 is 1.25 bits per heavy atom. The molecule has 1 aliphatic heterocycles. The molecule has 1 heterocycles. The number of methoxy groups -OCH3 is 1. The van der Waals surface area contributed by atoms with Crippen LogP contribution in [0.4, 0.5) is 0 Å². The third kappa shape index (κ3) is 1.60. The van der Waals surface area contributed by atoms with Gasteiger partial charge in [-0.25, -0.2) is 0 Å². The lowest BCUT2D eigenvalue weighted by molar-refractivity contribution is 0.0807. The van der Waals surface area contributed by atoms with Crippen LogP contribution in [0.2, 0.25) is 0 Å². The number of benzene rings is 1. The quantitative estimate of drug-likeness (QED) is 0.774. The predicted molar refractivity (Wildman–Crippen MR) is 81.4 cm³/mol. The van der Waals surface area contributed by atoms with Crippen molar-refractivity contribution in [3.8, 4) is 5.75 Å². The van der Waals surface area contributed by atoms with Crippen LogP contribution in [0.1, 0.15) is 49.1 Å². The molecule has 0 radical (unpaired) electrons. The van der Waals surface area contributed by atoms with Gasteiger partial charge in [-0.15, -0.1) is 0 Å². The summed E-state index contributed by atoms with van der Waals surface area (Å²) in [5, 5.41) is 0. The van der Waals surface area contributed by atoms with Crippen molar-refractivity contribution in [2.24, 2.45) is 5.41 Å². The summed E-state index contributed by atoms with van der Waals surface area (Å²) in [6, 6.07) is 7.57. The van der Waals surface area contributed by atoms with E-state index in [0.717, 1.165) is 17.7 Å². The van der Waals surface area contributed by atoms with Gasteiger partial charge in [-0.3, -0.25) is 0 Å². The Kier molecular flexibility index (Phi) is 2.85. The molecule has 2 heteroatoms.